The quantitative estimate of drug-likeness (QED) is 0.515. The van der Waals surface area contributed by atoms with E-state index in [1.165, 1.54) is 16.4 Å². The van der Waals surface area contributed by atoms with Crippen LogP contribution in [-0.2, 0) is 19.6 Å². The van der Waals surface area contributed by atoms with Crippen molar-refractivity contribution in [3.05, 3.63) is 28.3 Å². The minimum atomic E-state index is -3.95. The average molecular weight is 372 g/mol. The molecule has 0 bridgehead atoms. The third-order valence-electron chi connectivity index (χ3n) is 3.58. The van der Waals surface area contributed by atoms with E-state index in [1.807, 2.05) is 0 Å². The lowest BCUT2D eigenvalue weighted by Gasteiger charge is -2.27. The van der Waals surface area contributed by atoms with Crippen LogP contribution in [0.3, 0.4) is 0 Å². The third-order valence-corrected chi connectivity index (χ3v) is 5.52. The lowest BCUT2D eigenvalue weighted by atomic mass is 10.3. The Kier molecular flexibility index (Phi) is 6.28. The highest BCUT2D eigenvalue weighted by atomic mass is 32.2. The molecule has 138 valence electrons. The Bertz CT molecular complexity index is 746. The van der Waals surface area contributed by atoms with Crippen molar-refractivity contribution >= 4 is 27.3 Å². The van der Waals surface area contributed by atoms with Gasteiger partial charge in [-0.15, -0.1) is 0 Å². The molecular weight excluding hydrogens is 352 g/mol. The van der Waals surface area contributed by atoms with Crippen LogP contribution in [0.1, 0.15) is 6.92 Å². The van der Waals surface area contributed by atoms with Crippen LogP contribution < -0.4 is 10.6 Å². The van der Waals surface area contributed by atoms with Gasteiger partial charge in [0.15, 0.2) is 0 Å². The summed E-state index contributed by atoms with van der Waals surface area (Å²) in [4.78, 5) is 21.7. The molecule has 1 aromatic carbocycles. The summed E-state index contributed by atoms with van der Waals surface area (Å²) in [6.45, 7) is 2.92. The zero-order valence-electron chi connectivity index (χ0n) is 13.7. The van der Waals surface area contributed by atoms with E-state index in [0.29, 0.717) is 6.54 Å². The second-order valence-electron chi connectivity index (χ2n) is 5.26. The summed E-state index contributed by atoms with van der Waals surface area (Å²) in [5.41, 5.74) is -0.196. The fraction of sp³-hybridized carbons (Fsp3) is 0.500. The molecule has 1 aliphatic rings. The number of carbonyl (C=O) groups is 1. The van der Waals surface area contributed by atoms with Crippen molar-refractivity contribution in [3.63, 3.8) is 0 Å². The van der Waals surface area contributed by atoms with Gasteiger partial charge < -0.3 is 15.4 Å². The molecule has 1 aliphatic heterocycles. The number of ether oxygens (including phenoxy) is 1. The molecule has 10 nitrogen and oxygen atoms in total. The Morgan fingerprint density at radius 3 is 2.64 bits per heavy atom. The first-order valence-corrected chi connectivity index (χ1v) is 9.17. The van der Waals surface area contributed by atoms with E-state index in [4.69, 9.17) is 4.74 Å². The minimum Gasteiger partial charge on any atom is -0.379 e. The van der Waals surface area contributed by atoms with Crippen LogP contribution in [-0.4, -0.2) is 62.9 Å². The molecule has 0 aliphatic carbocycles. The molecule has 25 heavy (non-hydrogen) atoms. The molecule has 1 fully saturated rings. The molecule has 0 radical (unpaired) electrons. The van der Waals surface area contributed by atoms with Crippen molar-refractivity contribution < 1.29 is 22.9 Å². The number of hydrogen-bond acceptors (Lipinski definition) is 7. The zero-order valence-corrected chi connectivity index (χ0v) is 14.5. The van der Waals surface area contributed by atoms with Crippen LogP contribution in [0.5, 0.6) is 0 Å². The number of nitro benzene ring substituents is 1. The summed E-state index contributed by atoms with van der Waals surface area (Å²) >= 11 is 0. The van der Waals surface area contributed by atoms with Crippen LogP contribution in [0, 0.1) is 10.1 Å². The first-order valence-electron chi connectivity index (χ1n) is 7.73. The van der Waals surface area contributed by atoms with Gasteiger partial charge in [-0.3, -0.25) is 14.9 Å². The first-order chi connectivity index (χ1) is 11.9. The van der Waals surface area contributed by atoms with Gasteiger partial charge in [-0.25, -0.2) is 8.42 Å². The molecule has 0 unspecified atom stereocenters. The average Bonchev–Trinajstić information content (AvgIpc) is 2.60. The fourth-order valence-corrected chi connectivity index (χ4v) is 3.94. The largest absolute Gasteiger partial charge is 0.379 e. The number of carbonyl (C=O) groups excluding carboxylic acids is 1. The highest BCUT2D eigenvalue weighted by Crippen LogP contribution is 2.29. The van der Waals surface area contributed by atoms with Crippen LogP contribution >= 0.6 is 0 Å². The summed E-state index contributed by atoms with van der Waals surface area (Å²) in [7, 11) is -3.95. The number of morpholine rings is 1. The maximum Gasteiger partial charge on any atom is 0.270 e. The third kappa shape index (κ3) is 4.65. The smallest absolute Gasteiger partial charge is 0.270 e. The van der Waals surface area contributed by atoms with E-state index in [1.54, 1.807) is 6.92 Å². The molecule has 2 rings (SSSR count). The van der Waals surface area contributed by atoms with Crippen LogP contribution in [0.2, 0.25) is 0 Å². The number of likely N-dealkylation sites (N-methyl/N-ethyl adjacent to an activating group) is 1. The monoisotopic (exact) mass is 372 g/mol. The van der Waals surface area contributed by atoms with E-state index in [2.05, 4.69) is 10.6 Å². The summed E-state index contributed by atoms with van der Waals surface area (Å²) in [5, 5.41) is 16.3. The van der Waals surface area contributed by atoms with Crippen molar-refractivity contribution in [2.75, 3.05) is 44.7 Å². The van der Waals surface area contributed by atoms with Gasteiger partial charge in [-0.2, -0.15) is 4.31 Å². The molecule has 0 aromatic heterocycles. The zero-order chi connectivity index (χ0) is 18.4. The van der Waals surface area contributed by atoms with Crippen molar-refractivity contribution in [1.82, 2.24) is 9.62 Å². The molecule has 1 aromatic rings. The van der Waals surface area contributed by atoms with Gasteiger partial charge >= 0.3 is 0 Å². The number of anilines is 1. The predicted octanol–water partition coefficient (Wildman–Crippen LogP) is 0.164. The lowest BCUT2D eigenvalue weighted by molar-refractivity contribution is -0.385. The molecule has 1 saturated heterocycles. The van der Waals surface area contributed by atoms with Gasteiger partial charge in [-0.05, 0) is 13.0 Å². The molecule has 0 atom stereocenters. The van der Waals surface area contributed by atoms with E-state index in [-0.39, 0.29) is 55.0 Å². The number of nitrogens with zero attached hydrogens (tertiary/aromatic N) is 2. The van der Waals surface area contributed by atoms with Crippen molar-refractivity contribution in [3.8, 4) is 0 Å². The SMILES string of the molecule is CCNC(=O)CNc1ccc([N+](=O)[O-])cc1S(=O)(=O)N1CCOCC1. The molecule has 1 heterocycles. The van der Waals surface area contributed by atoms with Crippen LogP contribution in [0.15, 0.2) is 23.1 Å². The molecule has 1 amide bonds. The second-order valence-corrected chi connectivity index (χ2v) is 7.17. The predicted molar refractivity (Wildman–Crippen MR) is 89.8 cm³/mol. The molecular formula is C14H20N4O6S. The standard InChI is InChI=1S/C14H20N4O6S/c1-2-15-14(19)10-16-12-4-3-11(18(20)21)9-13(12)25(22,23)17-5-7-24-8-6-17/h3-4,9,16H,2,5-8,10H2,1H3,(H,15,19). The number of hydrogen-bond donors (Lipinski definition) is 2. The second kappa shape index (κ2) is 8.23. The highest BCUT2D eigenvalue weighted by Gasteiger charge is 2.30. The summed E-state index contributed by atoms with van der Waals surface area (Å²) in [5.74, 6) is -0.310. The van der Waals surface area contributed by atoms with Crippen molar-refractivity contribution in [2.45, 2.75) is 11.8 Å². The fourth-order valence-electron chi connectivity index (χ4n) is 2.35. The summed E-state index contributed by atoms with van der Waals surface area (Å²) < 4.78 is 32.1. The van der Waals surface area contributed by atoms with E-state index < -0.39 is 14.9 Å². The summed E-state index contributed by atoms with van der Waals surface area (Å²) in [6.07, 6.45) is 0. The number of sulfonamides is 1. The van der Waals surface area contributed by atoms with Gasteiger partial charge in [0, 0.05) is 31.8 Å². The maximum absolute atomic E-state index is 12.9. The molecule has 11 heteroatoms. The number of amides is 1. The van der Waals surface area contributed by atoms with Crippen molar-refractivity contribution in [1.29, 1.82) is 0 Å². The lowest BCUT2D eigenvalue weighted by Crippen LogP contribution is -2.41. The number of benzene rings is 1. The van der Waals surface area contributed by atoms with E-state index >= 15 is 0 Å². The Morgan fingerprint density at radius 2 is 2.04 bits per heavy atom. The first kappa shape index (κ1) is 19.1. The van der Waals surface area contributed by atoms with Gasteiger partial charge in [0.2, 0.25) is 15.9 Å². The number of nitrogens with one attached hydrogen (secondary N) is 2. The van der Waals surface area contributed by atoms with Crippen LogP contribution in [0.4, 0.5) is 11.4 Å². The Labute approximate surface area is 145 Å². The van der Waals surface area contributed by atoms with Gasteiger partial charge in [0.05, 0.1) is 30.4 Å². The Hall–Kier alpha value is -2.24. The number of nitro groups is 1. The van der Waals surface area contributed by atoms with E-state index in [9.17, 15) is 23.3 Å². The Balaban J connectivity index is 2.36. The Morgan fingerprint density at radius 1 is 1.36 bits per heavy atom. The topological polar surface area (TPSA) is 131 Å². The molecule has 0 spiro atoms. The van der Waals surface area contributed by atoms with Gasteiger partial charge in [0.25, 0.3) is 5.69 Å². The van der Waals surface area contributed by atoms with Crippen LogP contribution in [0.25, 0.3) is 0 Å². The van der Waals surface area contributed by atoms with Gasteiger partial charge in [0.1, 0.15) is 4.90 Å². The summed E-state index contributed by atoms with van der Waals surface area (Å²) in [6, 6.07) is 3.49. The maximum atomic E-state index is 12.9. The number of rotatable bonds is 7. The highest BCUT2D eigenvalue weighted by molar-refractivity contribution is 7.89. The normalized spacial score (nSPS) is 15.6. The van der Waals surface area contributed by atoms with E-state index in [0.717, 1.165) is 6.07 Å². The number of non-ortho nitro benzene ring substituents is 1. The van der Waals surface area contributed by atoms with Gasteiger partial charge in [-0.1, -0.05) is 0 Å². The van der Waals surface area contributed by atoms with Crippen molar-refractivity contribution in [2.24, 2.45) is 0 Å². The minimum absolute atomic E-state index is 0.142. The molecule has 2 N–H and O–H groups in total. The molecule has 0 saturated carbocycles.